The number of aliphatic hydroxyl groups is 1. The standard InChI is InChI=1S/C28H27BrN2O6S/c1-4-6-14-37-20-12-10-17(11-13-20)23(32)21-22(18-8-7-9-19(29)15-18)31(26(34)24(21)33)28-30-16(3)25(38-28)27(35)36-5-2/h7-13,15,22,32H,4-6,14H2,1-3H3/b23-21+. The van der Waals surface area contributed by atoms with Crippen LogP contribution in [0.25, 0.3) is 5.76 Å². The number of aryl methyl sites for hydroxylation is 1. The van der Waals surface area contributed by atoms with Gasteiger partial charge in [0.15, 0.2) is 5.13 Å². The molecule has 1 unspecified atom stereocenters. The molecule has 2 heterocycles. The largest absolute Gasteiger partial charge is 0.507 e. The van der Waals surface area contributed by atoms with Gasteiger partial charge in [-0.3, -0.25) is 14.5 Å². The van der Waals surface area contributed by atoms with Crippen molar-refractivity contribution in [2.75, 3.05) is 18.1 Å². The average molecular weight is 600 g/mol. The molecule has 1 fully saturated rings. The molecule has 1 aromatic heterocycles. The first-order valence-electron chi connectivity index (χ1n) is 12.2. The molecule has 1 amide bonds. The Balaban J connectivity index is 1.81. The third-order valence-corrected chi connectivity index (χ3v) is 7.59. The molecule has 1 N–H and O–H groups in total. The van der Waals surface area contributed by atoms with Gasteiger partial charge in [0.2, 0.25) is 0 Å². The zero-order valence-electron chi connectivity index (χ0n) is 21.2. The fourth-order valence-electron chi connectivity index (χ4n) is 4.09. The first-order chi connectivity index (χ1) is 18.3. The summed E-state index contributed by atoms with van der Waals surface area (Å²) in [6.07, 6.45) is 1.93. The van der Waals surface area contributed by atoms with E-state index in [1.165, 1.54) is 4.90 Å². The molecule has 0 spiro atoms. The van der Waals surface area contributed by atoms with Crippen LogP contribution in [0, 0.1) is 6.92 Å². The summed E-state index contributed by atoms with van der Waals surface area (Å²) in [6, 6.07) is 12.9. The maximum absolute atomic E-state index is 13.4. The molecule has 0 bridgehead atoms. The summed E-state index contributed by atoms with van der Waals surface area (Å²) < 4.78 is 11.5. The number of thiazole rings is 1. The van der Waals surface area contributed by atoms with Gasteiger partial charge in [-0.25, -0.2) is 9.78 Å². The molecule has 2 aromatic carbocycles. The summed E-state index contributed by atoms with van der Waals surface area (Å²) >= 11 is 4.42. The second kappa shape index (κ2) is 11.9. The molecule has 1 saturated heterocycles. The predicted molar refractivity (Wildman–Crippen MR) is 149 cm³/mol. The third kappa shape index (κ3) is 5.51. The molecule has 1 aliphatic heterocycles. The summed E-state index contributed by atoms with van der Waals surface area (Å²) in [4.78, 5) is 45.1. The Morgan fingerprint density at radius 3 is 2.55 bits per heavy atom. The zero-order valence-corrected chi connectivity index (χ0v) is 23.6. The van der Waals surface area contributed by atoms with E-state index in [1.807, 2.05) is 6.07 Å². The van der Waals surface area contributed by atoms with Crippen LogP contribution in [-0.4, -0.2) is 41.0 Å². The highest BCUT2D eigenvalue weighted by atomic mass is 79.9. The molecular weight excluding hydrogens is 572 g/mol. The Kier molecular flexibility index (Phi) is 8.63. The van der Waals surface area contributed by atoms with E-state index in [2.05, 4.69) is 27.8 Å². The Hall–Kier alpha value is -3.50. The number of esters is 1. The van der Waals surface area contributed by atoms with Crippen LogP contribution in [-0.2, 0) is 14.3 Å². The summed E-state index contributed by atoms with van der Waals surface area (Å²) in [5.41, 5.74) is 1.27. The smallest absolute Gasteiger partial charge is 0.350 e. The molecule has 0 saturated carbocycles. The number of unbranched alkanes of at least 4 members (excludes halogenated alkanes) is 1. The molecule has 8 nitrogen and oxygen atoms in total. The Labute approximate surface area is 233 Å². The van der Waals surface area contributed by atoms with Crippen molar-refractivity contribution in [2.24, 2.45) is 0 Å². The predicted octanol–water partition coefficient (Wildman–Crippen LogP) is 6.20. The third-order valence-electron chi connectivity index (χ3n) is 5.96. The van der Waals surface area contributed by atoms with Crippen LogP contribution in [0.5, 0.6) is 5.75 Å². The molecule has 0 aliphatic carbocycles. The van der Waals surface area contributed by atoms with Gasteiger partial charge in [0.1, 0.15) is 16.4 Å². The highest BCUT2D eigenvalue weighted by Gasteiger charge is 2.48. The van der Waals surface area contributed by atoms with Crippen LogP contribution in [0.3, 0.4) is 0 Å². The summed E-state index contributed by atoms with van der Waals surface area (Å²) in [5.74, 6) is -1.91. The first-order valence-corrected chi connectivity index (χ1v) is 13.8. The van der Waals surface area contributed by atoms with Crippen LogP contribution in [0.15, 0.2) is 58.6 Å². The number of rotatable bonds is 9. The Morgan fingerprint density at radius 1 is 1.16 bits per heavy atom. The maximum atomic E-state index is 13.4. The number of amides is 1. The molecule has 3 aromatic rings. The average Bonchev–Trinajstić information content (AvgIpc) is 3.41. The number of aliphatic hydroxyl groups excluding tert-OH is 1. The highest BCUT2D eigenvalue weighted by molar-refractivity contribution is 9.10. The van der Waals surface area contributed by atoms with Crippen LogP contribution < -0.4 is 9.64 Å². The fraction of sp³-hybridized carbons (Fsp3) is 0.286. The molecular formula is C28H27BrN2O6S. The van der Waals surface area contributed by atoms with Crippen molar-refractivity contribution >= 4 is 55.8 Å². The second-order valence-electron chi connectivity index (χ2n) is 8.58. The van der Waals surface area contributed by atoms with Gasteiger partial charge in [0.05, 0.1) is 30.5 Å². The van der Waals surface area contributed by atoms with E-state index in [0.717, 1.165) is 28.7 Å². The van der Waals surface area contributed by atoms with Gasteiger partial charge in [-0.2, -0.15) is 0 Å². The number of halogens is 1. The maximum Gasteiger partial charge on any atom is 0.350 e. The second-order valence-corrected chi connectivity index (χ2v) is 10.5. The number of ketones is 1. The van der Waals surface area contributed by atoms with E-state index in [9.17, 15) is 19.5 Å². The minimum atomic E-state index is -0.964. The van der Waals surface area contributed by atoms with Crippen molar-refractivity contribution in [1.29, 1.82) is 0 Å². The van der Waals surface area contributed by atoms with E-state index in [0.29, 0.717) is 29.2 Å². The monoisotopic (exact) mass is 598 g/mol. The summed E-state index contributed by atoms with van der Waals surface area (Å²) in [7, 11) is 0. The first kappa shape index (κ1) is 27.5. The van der Waals surface area contributed by atoms with Crippen molar-refractivity contribution in [3.8, 4) is 5.75 Å². The number of Topliss-reactive ketones (excluding diaryl/α,β-unsaturated/α-hetero) is 1. The van der Waals surface area contributed by atoms with E-state index < -0.39 is 23.7 Å². The molecule has 38 heavy (non-hydrogen) atoms. The van der Waals surface area contributed by atoms with Crippen molar-refractivity contribution in [2.45, 2.75) is 39.7 Å². The van der Waals surface area contributed by atoms with E-state index in [4.69, 9.17) is 9.47 Å². The van der Waals surface area contributed by atoms with Crippen molar-refractivity contribution < 1.29 is 29.0 Å². The SMILES string of the molecule is CCCCOc1ccc(/C(O)=C2\C(=O)C(=O)N(c3nc(C)c(C(=O)OCC)s3)C2c2cccc(Br)c2)cc1. The van der Waals surface area contributed by atoms with Crippen LogP contribution in [0.4, 0.5) is 5.13 Å². The highest BCUT2D eigenvalue weighted by Crippen LogP contribution is 2.44. The number of aromatic nitrogens is 1. The van der Waals surface area contributed by atoms with Crippen LogP contribution >= 0.6 is 27.3 Å². The van der Waals surface area contributed by atoms with Gasteiger partial charge in [0.25, 0.3) is 5.78 Å². The minimum absolute atomic E-state index is 0.0710. The summed E-state index contributed by atoms with van der Waals surface area (Å²) in [5, 5.41) is 11.5. The molecule has 1 aliphatic rings. The number of nitrogens with zero attached hydrogens (tertiary/aromatic N) is 2. The van der Waals surface area contributed by atoms with E-state index in [1.54, 1.807) is 56.3 Å². The molecule has 4 rings (SSSR count). The lowest BCUT2D eigenvalue weighted by Crippen LogP contribution is -2.29. The van der Waals surface area contributed by atoms with Gasteiger partial charge >= 0.3 is 11.9 Å². The summed E-state index contributed by atoms with van der Waals surface area (Å²) in [6.45, 7) is 6.19. The number of anilines is 1. The lowest BCUT2D eigenvalue weighted by molar-refractivity contribution is -0.132. The van der Waals surface area contributed by atoms with Crippen molar-refractivity contribution in [1.82, 2.24) is 4.98 Å². The molecule has 0 radical (unpaired) electrons. The van der Waals surface area contributed by atoms with Gasteiger partial charge in [-0.05, 0) is 62.2 Å². The van der Waals surface area contributed by atoms with Gasteiger partial charge in [0, 0.05) is 10.0 Å². The number of carbonyl (C=O) groups excluding carboxylic acids is 3. The number of ether oxygens (including phenoxy) is 2. The van der Waals surface area contributed by atoms with Crippen LogP contribution in [0.1, 0.15) is 59.2 Å². The quantitative estimate of drug-likeness (QED) is 0.103. The lowest BCUT2D eigenvalue weighted by atomic mass is 9.95. The van der Waals surface area contributed by atoms with Crippen molar-refractivity contribution in [3.63, 3.8) is 0 Å². The topological polar surface area (TPSA) is 106 Å². The van der Waals surface area contributed by atoms with Crippen molar-refractivity contribution in [3.05, 3.63) is 80.3 Å². The van der Waals surface area contributed by atoms with Crippen LogP contribution in [0.2, 0.25) is 0 Å². The van der Waals surface area contributed by atoms with Gasteiger partial charge in [-0.1, -0.05) is 52.7 Å². The lowest BCUT2D eigenvalue weighted by Gasteiger charge is -2.23. The minimum Gasteiger partial charge on any atom is -0.507 e. The Bertz CT molecular complexity index is 1400. The van der Waals surface area contributed by atoms with Gasteiger partial charge in [-0.15, -0.1) is 0 Å². The zero-order chi connectivity index (χ0) is 27.4. The van der Waals surface area contributed by atoms with Gasteiger partial charge < -0.3 is 14.6 Å². The van der Waals surface area contributed by atoms with E-state index >= 15 is 0 Å². The number of hydrogen-bond donors (Lipinski definition) is 1. The fourth-order valence-corrected chi connectivity index (χ4v) is 5.50. The molecule has 10 heteroatoms. The number of benzene rings is 2. The number of carbonyl (C=O) groups is 3. The molecule has 1 atom stereocenters. The normalized spacial score (nSPS) is 16.6. The molecule has 198 valence electrons. The van der Waals surface area contributed by atoms with E-state index in [-0.39, 0.29) is 27.9 Å². The number of hydrogen-bond acceptors (Lipinski definition) is 8. The Morgan fingerprint density at radius 2 is 1.89 bits per heavy atom.